The molecule has 0 aliphatic heterocycles. The first-order valence-electron chi connectivity index (χ1n) is 7.62. The monoisotopic (exact) mass is 339 g/mol. The third-order valence-electron chi connectivity index (χ3n) is 3.73. The number of nitrogens with one attached hydrogen (secondary N) is 1. The zero-order valence-electron chi connectivity index (χ0n) is 13.9. The number of pyridine rings is 1. The number of benzene rings is 1. The Morgan fingerprint density at radius 1 is 1.28 bits per heavy atom. The number of amides is 1. The summed E-state index contributed by atoms with van der Waals surface area (Å²) < 4.78 is 11.8. The molecule has 1 amide bonds. The van der Waals surface area contributed by atoms with Gasteiger partial charge < -0.3 is 19.1 Å². The van der Waals surface area contributed by atoms with Gasteiger partial charge in [-0.1, -0.05) is 5.16 Å². The van der Waals surface area contributed by atoms with Crippen LogP contribution >= 0.6 is 0 Å². The molecule has 3 rings (SSSR count). The normalized spacial score (nSPS) is 10.5. The predicted molar refractivity (Wildman–Crippen MR) is 91.3 cm³/mol. The van der Waals surface area contributed by atoms with Gasteiger partial charge in [0, 0.05) is 24.9 Å². The van der Waals surface area contributed by atoms with Gasteiger partial charge in [0.15, 0.2) is 5.76 Å². The summed E-state index contributed by atoms with van der Waals surface area (Å²) in [5.74, 6) is 0.887. The Bertz CT molecular complexity index is 941. The number of carbonyl (C=O) groups is 1. The van der Waals surface area contributed by atoms with E-state index in [4.69, 9.17) is 9.26 Å². The van der Waals surface area contributed by atoms with Gasteiger partial charge in [0.05, 0.1) is 13.7 Å². The fraction of sp³-hybridized carbons (Fsp3) is 0.167. The second-order valence-electron chi connectivity index (χ2n) is 5.43. The molecule has 0 unspecified atom stereocenters. The van der Waals surface area contributed by atoms with Gasteiger partial charge in [0.1, 0.15) is 17.0 Å². The SMILES string of the molecule is COc1ccc(-c2cc(CNC(=O)c3cccn(C)c3=O)no2)cc1. The Hall–Kier alpha value is -3.35. The van der Waals surface area contributed by atoms with E-state index in [-0.39, 0.29) is 17.7 Å². The van der Waals surface area contributed by atoms with Gasteiger partial charge in [-0.2, -0.15) is 0 Å². The number of carbonyl (C=O) groups excluding carboxylic acids is 1. The molecular formula is C18H17N3O4. The Morgan fingerprint density at radius 2 is 2.04 bits per heavy atom. The quantitative estimate of drug-likeness (QED) is 0.768. The van der Waals surface area contributed by atoms with Crippen molar-refractivity contribution in [2.24, 2.45) is 7.05 Å². The van der Waals surface area contributed by atoms with Gasteiger partial charge in [-0.3, -0.25) is 9.59 Å². The minimum Gasteiger partial charge on any atom is -0.497 e. The first-order chi connectivity index (χ1) is 12.1. The van der Waals surface area contributed by atoms with Crippen molar-refractivity contribution in [1.82, 2.24) is 15.0 Å². The Balaban J connectivity index is 1.68. The summed E-state index contributed by atoms with van der Waals surface area (Å²) in [6.45, 7) is 0.163. The average molecular weight is 339 g/mol. The van der Waals surface area contributed by atoms with Crippen LogP contribution in [0.15, 0.2) is 58.0 Å². The zero-order chi connectivity index (χ0) is 17.8. The van der Waals surface area contributed by atoms with Crippen molar-refractivity contribution in [3.63, 3.8) is 0 Å². The van der Waals surface area contributed by atoms with E-state index >= 15 is 0 Å². The van der Waals surface area contributed by atoms with E-state index < -0.39 is 5.91 Å². The molecule has 25 heavy (non-hydrogen) atoms. The van der Waals surface area contributed by atoms with E-state index in [0.717, 1.165) is 11.3 Å². The van der Waals surface area contributed by atoms with Gasteiger partial charge in [-0.05, 0) is 36.4 Å². The van der Waals surface area contributed by atoms with Crippen LogP contribution in [0.3, 0.4) is 0 Å². The van der Waals surface area contributed by atoms with Crippen molar-refractivity contribution in [1.29, 1.82) is 0 Å². The number of hydrogen-bond donors (Lipinski definition) is 1. The Labute approximate surface area is 143 Å². The van der Waals surface area contributed by atoms with E-state index in [1.807, 2.05) is 24.3 Å². The van der Waals surface area contributed by atoms with E-state index in [1.54, 1.807) is 32.5 Å². The van der Waals surface area contributed by atoms with Gasteiger partial charge >= 0.3 is 0 Å². The van der Waals surface area contributed by atoms with Crippen LogP contribution in [0.1, 0.15) is 16.1 Å². The predicted octanol–water partition coefficient (Wildman–Crippen LogP) is 1.98. The first kappa shape index (κ1) is 16.5. The van der Waals surface area contributed by atoms with Crippen molar-refractivity contribution in [3.05, 3.63) is 70.3 Å². The molecule has 0 aliphatic carbocycles. The molecule has 1 aromatic carbocycles. The van der Waals surface area contributed by atoms with Crippen LogP contribution in [-0.2, 0) is 13.6 Å². The van der Waals surface area contributed by atoms with Gasteiger partial charge in [-0.25, -0.2) is 0 Å². The lowest BCUT2D eigenvalue weighted by atomic mass is 10.1. The third kappa shape index (κ3) is 3.60. The summed E-state index contributed by atoms with van der Waals surface area (Å²) in [6, 6.07) is 12.2. The highest BCUT2D eigenvalue weighted by Crippen LogP contribution is 2.23. The lowest BCUT2D eigenvalue weighted by Gasteiger charge is -2.03. The summed E-state index contributed by atoms with van der Waals surface area (Å²) >= 11 is 0. The first-order valence-corrected chi connectivity index (χ1v) is 7.62. The minimum absolute atomic E-state index is 0.0869. The fourth-order valence-electron chi connectivity index (χ4n) is 2.32. The summed E-state index contributed by atoms with van der Waals surface area (Å²) in [5.41, 5.74) is 1.15. The number of hydrogen-bond acceptors (Lipinski definition) is 5. The molecule has 0 fully saturated rings. The summed E-state index contributed by atoms with van der Waals surface area (Å²) in [6.07, 6.45) is 1.60. The van der Waals surface area contributed by atoms with Crippen LogP contribution in [0.4, 0.5) is 0 Å². The minimum atomic E-state index is -0.449. The molecule has 3 aromatic rings. The van der Waals surface area contributed by atoms with Crippen molar-refractivity contribution in [2.75, 3.05) is 7.11 Å². The maximum Gasteiger partial charge on any atom is 0.263 e. The lowest BCUT2D eigenvalue weighted by Crippen LogP contribution is -2.31. The zero-order valence-corrected chi connectivity index (χ0v) is 13.9. The van der Waals surface area contributed by atoms with Crippen LogP contribution in [-0.4, -0.2) is 22.7 Å². The fourth-order valence-corrected chi connectivity index (χ4v) is 2.32. The number of aryl methyl sites for hydroxylation is 1. The molecule has 2 aromatic heterocycles. The molecule has 0 aliphatic rings. The Kier molecular flexibility index (Phi) is 4.65. The molecule has 0 saturated carbocycles. The standard InChI is InChI=1S/C18H17N3O4/c1-21-9-3-4-15(18(21)23)17(22)19-11-13-10-16(25-20-13)12-5-7-14(24-2)8-6-12/h3-10H,11H2,1-2H3,(H,19,22). The molecule has 2 heterocycles. The summed E-state index contributed by atoms with van der Waals surface area (Å²) in [5, 5.41) is 6.61. The number of nitrogens with zero attached hydrogens (tertiary/aromatic N) is 2. The summed E-state index contributed by atoms with van der Waals surface area (Å²) in [7, 11) is 3.20. The molecule has 0 saturated heterocycles. The molecule has 128 valence electrons. The molecule has 1 N–H and O–H groups in total. The van der Waals surface area contributed by atoms with Crippen LogP contribution in [0.5, 0.6) is 5.75 Å². The van der Waals surface area contributed by atoms with Gasteiger partial charge in [-0.15, -0.1) is 0 Å². The lowest BCUT2D eigenvalue weighted by molar-refractivity contribution is 0.0948. The van der Waals surface area contributed by atoms with Gasteiger partial charge in [0.2, 0.25) is 0 Å². The molecule has 0 atom stereocenters. The smallest absolute Gasteiger partial charge is 0.263 e. The number of rotatable bonds is 5. The number of methoxy groups -OCH3 is 1. The van der Waals surface area contributed by atoms with E-state index in [0.29, 0.717) is 11.5 Å². The van der Waals surface area contributed by atoms with Crippen LogP contribution in [0.25, 0.3) is 11.3 Å². The third-order valence-corrected chi connectivity index (χ3v) is 3.73. The molecular weight excluding hydrogens is 322 g/mol. The number of aromatic nitrogens is 2. The second kappa shape index (κ2) is 7.04. The van der Waals surface area contributed by atoms with Crippen molar-refractivity contribution < 1.29 is 14.1 Å². The molecule has 0 bridgehead atoms. The summed E-state index contributed by atoms with van der Waals surface area (Å²) in [4.78, 5) is 24.1. The van der Waals surface area contributed by atoms with Crippen LogP contribution in [0, 0.1) is 0 Å². The topological polar surface area (TPSA) is 86.4 Å². The van der Waals surface area contributed by atoms with E-state index in [1.165, 1.54) is 10.6 Å². The highest BCUT2D eigenvalue weighted by atomic mass is 16.5. The molecule has 7 nitrogen and oxygen atoms in total. The molecule has 7 heteroatoms. The Morgan fingerprint density at radius 3 is 2.76 bits per heavy atom. The van der Waals surface area contributed by atoms with Gasteiger partial charge in [0.25, 0.3) is 11.5 Å². The second-order valence-corrected chi connectivity index (χ2v) is 5.43. The van der Waals surface area contributed by atoms with E-state index in [9.17, 15) is 9.59 Å². The van der Waals surface area contributed by atoms with Crippen molar-refractivity contribution in [2.45, 2.75) is 6.54 Å². The van der Waals surface area contributed by atoms with Crippen molar-refractivity contribution in [3.8, 4) is 17.1 Å². The van der Waals surface area contributed by atoms with Crippen LogP contribution < -0.4 is 15.6 Å². The average Bonchev–Trinajstić information content (AvgIpc) is 3.11. The molecule has 0 radical (unpaired) electrons. The van der Waals surface area contributed by atoms with E-state index in [2.05, 4.69) is 10.5 Å². The maximum absolute atomic E-state index is 12.1. The largest absolute Gasteiger partial charge is 0.497 e. The highest BCUT2D eigenvalue weighted by molar-refractivity contribution is 5.93. The highest BCUT2D eigenvalue weighted by Gasteiger charge is 2.12. The van der Waals surface area contributed by atoms with Crippen LogP contribution in [0.2, 0.25) is 0 Å². The number of ether oxygens (including phenoxy) is 1. The maximum atomic E-state index is 12.1. The van der Waals surface area contributed by atoms with Crippen molar-refractivity contribution >= 4 is 5.91 Å². The molecule has 0 spiro atoms.